The lowest BCUT2D eigenvalue weighted by Crippen LogP contribution is -2.18. The molecule has 0 amide bonds. The van der Waals surface area contributed by atoms with Crippen molar-refractivity contribution in [1.29, 1.82) is 0 Å². The first-order valence-electron chi connectivity index (χ1n) is 5.74. The molecule has 1 atom stereocenters. The van der Waals surface area contributed by atoms with Crippen molar-refractivity contribution in [3.8, 4) is 0 Å². The Morgan fingerprint density at radius 1 is 1.39 bits per heavy atom. The van der Waals surface area contributed by atoms with E-state index in [0.29, 0.717) is 0 Å². The third-order valence-corrected chi connectivity index (χ3v) is 3.99. The van der Waals surface area contributed by atoms with Crippen LogP contribution in [0.1, 0.15) is 24.1 Å². The minimum absolute atomic E-state index is 0.271. The Kier molecular flexibility index (Phi) is 4.75. The number of aromatic nitrogens is 1. The smallest absolute Gasteiger partial charge is 0.0548 e. The molecule has 18 heavy (non-hydrogen) atoms. The molecule has 0 aliphatic heterocycles. The van der Waals surface area contributed by atoms with E-state index in [-0.39, 0.29) is 6.04 Å². The summed E-state index contributed by atoms with van der Waals surface area (Å²) in [5.74, 6) is 0. The summed E-state index contributed by atoms with van der Waals surface area (Å²) < 4.78 is 0.928. The Balaban J connectivity index is 1.97. The van der Waals surface area contributed by atoms with E-state index in [1.807, 2.05) is 30.5 Å². The van der Waals surface area contributed by atoms with E-state index >= 15 is 0 Å². The number of hydrogen-bond donors (Lipinski definition) is 1. The molecular weight excluding hydrogens is 312 g/mol. The second kappa shape index (κ2) is 6.32. The Morgan fingerprint density at radius 3 is 2.89 bits per heavy atom. The fourth-order valence-electron chi connectivity index (χ4n) is 1.67. The summed E-state index contributed by atoms with van der Waals surface area (Å²) >= 11 is 9.39. The van der Waals surface area contributed by atoms with Gasteiger partial charge in [-0.15, -0.1) is 0 Å². The lowest BCUT2D eigenvalue weighted by molar-refractivity contribution is 0.573. The van der Waals surface area contributed by atoms with E-state index in [1.165, 1.54) is 11.1 Å². The van der Waals surface area contributed by atoms with E-state index < -0.39 is 0 Å². The number of nitrogens with one attached hydrogen (secondary N) is 1. The zero-order valence-corrected chi connectivity index (χ0v) is 12.4. The minimum Gasteiger partial charge on any atom is -0.306 e. The molecule has 0 bridgehead atoms. The quantitative estimate of drug-likeness (QED) is 0.904. The lowest BCUT2D eigenvalue weighted by Gasteiger charge is -2.14. The lowest BCUT2D eigenvalue weighted by atomic mass is 10.1. The highest BCUT2D eigenvalue weighted by molar-refractivity contribution is 9.10. The van der Waals surface area contributed by atoms with E-state index in [9.17, 15) is 0 Å². The average molecular weight is 326 g/mol. The summed E-state index contributed by atoms with van der Waals surface area (Å²) in [5.41, 5.74) is 2.38. The van der Waals surface area contributed by atoms with Crippen molar-refractivity contribution in [2.75, 3.05) is 0 Å². The second-order valence-corrected chi connectivity index (χ2v) is 5.40. The van der Waals surface area contributed by atoms with Crippen molar-refractivity contribution in [3.63, 3.8) is 0 Å². The number of halogens is 2. The second-order valence-electron chi connectivity index (χ2n) is 4.14. The van der Waals surface area contributed by atoms with Crippen molar-refractivity contribution in [3.05, 3.63) is 63.3 Å². The molecule has 94 valence electrons. The van der Waals surface area contributed by atoms with Gasteiger partial charge in [-0.05, 0) is 52.2 Å². The molecule has 0 radical (unpaired) electrons. The molecule has 2 aromatic rings. The van der Waals surface area contributed by atoms with Crippen LogP contribution < -0.4 is 5.32 Å². The molecule has 1 aromatic carbocycles. The van der Waals surface area contributed by atoms with Crippen LogP contribution >= 0.6 is 27.5 Å². The van der Waals surface area contributed by atoms with Crippen molar-refractivity contribution >= 4 is 27.5 Å². The van der Waals surface area contributed by atoms with E-state index in [2.05, 4.69) is 39.2 Å². The zero-order chi connectivity index (χ0) is 13.0. The van der Waals surface area contributed by atoms with Crippen LogP contribution in [0, 0.1) is 0 Å². The molecule has 1 N–H and O–H groups in total. The van der Waals surface area contributed by atoms with Crippen LogP contribution in [0.3, 0.4) is 0 Å². The molecule has 4 heteroatoms. The van der Waals surface area contributed by atoms with Gasteiger partial charge in [-0.3, -0.25) is 4.98 Å². The molecule has 2 nitrogen and oxygen atoms in total. The molecule has 0 aliphatic rings. The van der Waals surface area contributed by atoms with Crippen LogP contribution in [-0.4, -0.2) is 4.98 Å². The van der Waals surface area contributed by atoms with Crippen LogP contribution in [0.15, 0.2) is 47.2 Å². The van der Waals surface area contributed by atoms with Gasteiger partial charge in [0.05, 0.1) is 5.02 Å². The number of benzene rings is 1. The van der Waals surface area contributed by atoms with Crippen molar-refractivity contribution in [2.45, 2.75) is 19.5 Å². The van der Waals surface area contributed by atoms with Crippen LogP contribution in [0.25, 0.3) is 0 Å². The number of nitrogens with zero attached hydrogens (tertiary/aromatic N) is 1. The van der Waals surface area contributed by atoms with Gasteiger partial charge in [-0.25, -0.2) is 0 Å². The van der Waals surface area contributed by atoms with Gasteiger partial charge in [0.2, 0.25) is 0 Å². The molecule has 0 saturated carbocycles. The zero-order valence-electron chi connectivity index (χ0n) is 10.0. The third kappa shape index (κ3) is 3.55. The number of hydrogen-bond acceptors (Lipinski definition) is 2. The standard InChI is InChI=1S/C14H14BrClN2/c1-10(12-3-2-6-17-9-12)18-8-11-4-5-14(16)13(15)7-11/h2-7,9-10,18H,8H2,1H3/t10-/m1/s1. The molecule has 0 fully saturated rings. The van der Waals surface area contributed by atoms with Gasteiger partial charge in [0, 0.05) is 29.5 Å². The summed E-state index contributed by atoms with van der Waals surface area (Å²) in [6, 6.07) is 10.3. The van der Waals surface area contributed by atoms with Crippen LogP contribution in [0.5, 0.6) is 0 Å². The van der Waals surface area contributed by atoms with Gasteiger partial charge in [-0.1, -0.05) is 23.7 Å². The van der Waals surface area contributed by atoms with Crippen molar-refractivity contribution < 1.29 is 0 Å². The topological polar surface area (TPSA) is 24.9 Å². The predicted octanol–water partition coefficient (Wildman–Crippen LogP) is 4.35. The Hall–Kier alpha value is -0.900. The summed E-state index contributed by atoms with van der Waals surface area (Å²) in [4.78, 5) is 4.12. The predicted molar refractivity (Wildman–Crippen MR) is 78.6 cm³/mol. The molecule has 1 heterocycles. The maximum absolute atomic E-state index is 5.96. The summed E-state index contributed by atoms with van der Waals surface area (Å²) in [6.45, 7) is 2.92. The molecule has 0 spiro atoms. The molecule has 2 rings (SSSR count). The molecular formula is C14H14BrClN2. The first-order chi connectivity index (χ1) is 8.66. The highest BCUT2D eigenvalue weighted by Gasteiger charge is 2.05. The van der Waals surface area contributed by atoms with Crippen LogP contribution in [0.4, 0.5) is 0 Å². The average Bonchev–Trinajstić information content (AvgIpc) is 2.41. The van der Waals surface area contributed by atoms with Gasteiger partial charge in [0.15, 0.2) is 0 Å². The summed E-state index contributed by atoms with van der Waals surface area (Å²) in [5, 5.41) is 4.19. The monoisotopic (exact) mass is 324 g/mol. The number of pyridine rings is 1. The molecule has 0 saturated heterocycles. The Morgan fingerprint density at radius 2 is 2.22 bits per heavy atom. The maximum atomic E-state index is 5.96. The highest BCUT2D eigenvalue weighted by atomic mass is 79.9. The maximum Gasteiger partial charge on any atom is 0.0548 e. The first-order valence-corrected chi connectivity index (χ1v) is 6.91. The SMILES string of the molecule is C[C@@H](NCc1ccc(Cl)c(Br)c1)c1cccnc1. The van der Waals surface area contributed by atoms with Gasteiger partial charge in [0.1, 0.15) is 0 Å². The Bertz CT molecular complexity index is 516. The summed E-state index contributed by atoms with van der Waals surface area (Å²) in [6.07, 6.45) is 3.67. The third-order valence-electron chi connectivity index (χ3n) is 2.78. The number of rotatable bonds is 4. The van der Waals surface area contributed by atoms with Gasteiger partial charge < -0.3 is 5.32 Å². The van der Waals surface area contributed by atoms with E-state index in [0.717, 1.165) is 16.0 Å². The minimum atomic E-state index is 0.271. The molecule has 0 aliphatic carbocycles. The fraction of sp³-hybridized carbons (Fsp3) is 0.214. The van der Waals surface area contributed by atoms with E-state index in [4.69, 9.17) is 11.6 Å². The fourth-order valence-corrected chi connectivity index (χ4v) is 2.21. The van der Waals surface area contributed by atoms with Gasteiger partial charge in [-0.2, -0.15) is 0 Å². The first kappa shape index (κ1) is 13.5. The summed E-state index contributed by atoms with van der Waals surface area (Å²) in [7, 11) is 0. The van der Waals surface area contributed by atoms with Crippen LogP contribution in [0.2, 0.25) is 5.02 Å². The largest absolute Gasteiger partial charge is 0.306 e. The Labute approximate surface area is 121 Å². The van der Waals surface area contributed by atoms with Crippen molar-refractivity contribution in [2.24, 2.45) is 0 Å². The van der Waals surface area contributed by atoms with Crippen molar-refractivity contribution in [1.82, 2.24) is 10.3 Å². The molecule has 0 unspecified atom stereocenters. The van der Waals surface area contributed by atoms with Crippen LogP contribution in [-0.2, 0) is 6.54 Å². The van der Waals surface area contributed by atoms with Gasteiger partial charge in [0.25, 0.3) is 0 Å². The molecule has 1 aromatic heterocycles. The highest BCUT2D eigenvalue weighted by Crippen LogP contribution is 2.23. The van der Waals surface area contributed by atoms with Gasteiger partial charge >= 0.3 is 0 Å². The van der Waals surface area contributed by atoms with E-state index in [1.54, 1.807) is 6.20 Å². The normalized spacial score (nSPS) is 12.4.